The lowest BCUT2D eigenvalue weighted by molar-refractivity contribution is 0.0992. The van der Waals surface area contributed by atoms with Crippen LogP contribution < -0.4 is 5.73 Å². The van der Waals surface area contributed by atoms with Crippen molar-refractivity contribution < 1.29 is 5.11 Å². The lowest BCUT2D eigenvalue weighted by Crippen LogP contribution is -2.35. The number of rotatable bonds is 7. The largest absolute Gasteiger partial charge is 0.398 e. The highest BCUT2D eigenvalue weighted by molar-refractivity contribution is 5.47. The van der Waals surface area contributed by atoms with Gasteiger partial charge in [-0.05, 0) is 17.9 Å². The third-order valence-corrected chi connectivity index (χ3v) is 3.03. The van der Waals surface area contributed by atoms with Crippen molar-refractivity contribution in [1.29, 1.82) is 0 Å². The molecule has 0 heterocycles. The number of nitrogens with zero attached hydrogens (tertiary/aromatic N) is 1. The molecule has 3 N–H and O–H groups in total. The molecule has 1 atom stereocenters. The van der Waals surface area contributed by atoms with Crippen molar-refractivity contribution in [3.8, 4) is 0 Å². The van der Waals surface area contributed by atoms with Crippen LogP contribution in [-0.2, 0) is 0 Å². The van der Waals surface area contributed by atoms with Crippen LogP contribution >= 0.6 is 0 Å². The summed E-state index contributed by atoms with van der Waals surface area (Å²) in [5, 5.41) is 10.4. The molecule has 0 aliphatic rings. The first-order valence-corrected chi connectivity index (χ1v) is 7.15. The van der Waals surface area contributed by atoms with Crippen LogP contribution in [0, 0.1) is 11.8 Å². The van der Waals surface area contributed by atoms with E-state index in [9.17, 15) is 5.11 Å². The number of nitrogens with two attached hydrogens (primary N) is 1. The van der Waals surface area contributed by atoms with Crippen LogP contribution in [0.15, 0.2) is 24.3 Å². The van der Waals surface area contributed by atoms with Crippen molar-refractivity contribution >= 4 is 5.69 Å². The van der Waals surface area contributed by atoms with Gasteiger partial charge in [-0.2, -0.15) is 0 Å². The predicted octanol–water partition coefficient (Wildman–Crippen LogP) is 2.92. The summed E-state index contributed by atoms with van der Waals surface area (Å²) in [7, 11) is 0. The molecule has 108 valence electrons. The Morgan fingerprint density at radius 3 is 2.00 bits per heavy atom. The third kappa shape index (κ3) is 5.62. The molecule has 3 nitrogen and oxygen atoms in total. The molecule has 0 spiro atoms. The number of anilines is 1. The maximum absolute atomic E-state index is 10.4. The van der Waals surface area contributed by atoms with Gasteiger partial charge in [0.1, 0.15) is 0 Å². The maximum Gasteiger partial charge on any atom is 0.0936 e. The van der Waals surface area contributed by atoms with Crippen molar-refractivity contribution in [2.24, 2.45) is 11.8 Å². The van der Waals surface area contributed by atoms with E-state index in [0.717, 1.165) is 18.7 Å². The average Bonchev–Trinajstić information content (AvgIpc) is 2.27. The van der Waals surface area contributed by atoms with E-state index in [1.807, 2.05) is 24.3 Å². The van der Waals surface area contributed by atoms with Crippen LogP contribution in [0.2, 0.25) is 0 Å². The molecule has 1 unspecified atom stereocenters. The Hall–Kier alpha value is -1.06. The average molecular weight is 264 g/mol. The Labute approximate surface area is 117 Å². The molecule has 0 saturated carbocycles. The number of benzene rings is 1. The minimum absolute atomic E-state index is 0.515. The van der Waals surface area contributed by atoms with Crippen LogP contribution in [0.25, 0.3) is 0 Å². The Kier molecular flexibility index (Phi) is 6.32. The third-order valence-electron chi connectivity index (χ3n) is 3.03. The van der Waals surface area contributed by atoms with Gasteiger partial charge in [-0.25, -0.2) is 0 Å². The molecule has 1 aromatic carbocycles. The second kappa shape index (κ2) is 7.51. The van der Waals surface area contributed by atoms with Gasteiger partial charge in [0, 0.05) is 30.9 Å². The van der Waals surface area contributed by atoms with Crippen LogP contribution in [0.3, 0.4) is 0 Å². The summed E-state index contributed by atoms with van der Waals surface area (Å²) < 4.78 is 0. The molecule has 0 fully saturated rings. The molecular weight excluding hydrogens is 236 g/mol. The fourth-order valence-corrected chi connectivity index (χ4v) is 2.41. The quantitative estimate of drug-likeness (QED) is 0.744. The zero-order chi connectivity index (χ0) is 14.4. The number of aliphatic hydroxyl groups is 1. The summed E-state index contributed by atoms with van der Waals surface area (Å²) in [6, 6.07) is 7.56. The second-order valence-corrected chi connectivity index (χ2v) is 6.15. The highest BCUT2D eigenvalue weighted by Crippen LogP contribution is 2.21. The molecule has 0 bridgehead atoms. The first kappa shape index (κ1) is 16.0. The zero-order valence-electron chi connectivity index (χ0n) is 12.6. The summed E-state index contributed by atoms with van der Waals surface area (Å²) in [6.07, 6.45) is -0.515. The Balaban J connectivity index is 2.70. The van der Waals surface area contributed by atoms with Crippen molar-refractivity contribution in [1.82, 2.24) is 4.90 Å². The smallest absolute Gasteiger partial charge is 0.0936 e. The van der Waals surface area contributed by atoms with Crippen molar-refractivity contribution in [2.75, 3.05) is 25.4 Å². The first-order valence-electron chi connectivity index (χ1n) is 7.15. The van der Waals surface area contributed by atoms with Crippen molar-refractivity contribution in [3.05, 3.63) is 29.8 Å². The number of para-hydroxylation sites is 1. The van der Waals surface area contributed by atoms with E-state index in [0.29, 0.717) is 24.1 Å². The van der Waals surface area contributed by atoms with Crippen molar-refractivity contribution in [3.63, 3.8) is 0 Å². The van der Waals surface area contributed by atoms with Gasteiger partial charge in [0.05, 0.1) is 6.10 Å². The summed E-state index contributed by atoms with van der Waals surface area (Å²) in [5.41, 5.74) is 7.42. The Bertz CT molecular complexity index is 367. The van der Waals surface area contributed by atoms with Gasteiger partial charge in [0.2, 0.25) is 0 Å². The van der Waals surface area contributed by atoms with Crippen molar-refractivity contribution in [2.45, 2.75) is 33.8 Å². The SMILES string of the molecule is CC(C)CN(CC(C)C)CC(O)c1ccccc1N. The fourth-order valence-electron chi connectivity index (χ4n) is 2.41. The fraction of sp³-hybridized carbons (Fsp3) is 0.625. The number of aliphatic hydroxyl groups excluding tert-OH is 1. The van der Waals surface area contributed by atoms with Gasteiger partial charge in [0.25, 0.3) is 0 Å². The molecule has 0 aliphatic heterocycles. The monoisotopic (exact) mass is 264 g/mol. The number of nitrogen functional groups attached to an aromatic ring is 1. The lowest BCUT2D eigenvalue weighted by atomic mass is 10.1. The molecule has 0 amide bonds. The topological polar surface area (TPSA) is 49.5 Å². The van der Waals surface area contributed by atoms with Gasteiger partial charge in [-0.1, -0.05) is 45.9 Å². The van der Waals surface area contributed by atoms with E-state index in [4.69, 9.17) is 5.73 Å². The van der Waals surface area contributed by atoms with E-state index in [1.165, 1.54) is 0 Å². The summed E-state index contributed by atoms with van der Waals surface area (Å²) >= 11 is 0. The Morgan fingerprint density at radius 1 is 1.00 bits per heavy atom. The molecule has 0 aromatic heterocycles. The first-order chi connectivity index (χ1) is 8.90. The zero-order valence-corrected chi connectivity index (χ0v) is 12.6. The van der Waals surface area contributed by atoms with Crippen LogP contribution in [-0.4, -0.2) is 29.6 Å². The van der Waals surface area contributed by atoms with E-state index >= 15 is 0 Å². The molecule has 3 heteroatoms. The second-order valence-electron chi connectivity index (χ2n) is 6.15. The standard InChI is InChI=1S/C16H28N2O/c1-12(2)9-18(10-13(3)4)11-16(19)14-7-5-6-8-15(14)17/h5-8,12-13,16,19H,9-11,17H2,1-4H3. The van der Waals surface area contributed by atoms with Crippen LogP contribution in [0.1, 0.15) is 39.4 Å². The highest BCUT2D eigenvalue weighted by Gasteiger charge is 2.17. The highest BCUT2D eigenvalue weighted by atomic mass is 16.3. The molecule has 0 aliphatic carbocycles. The normalized spacial score (nSPS) is 13.5. The van der Waals surface area contributed by atoms with E-state index < -0.39 is 6.10 Å². The minimum Gasteiger partial charge on any atom is -0.398 e. The molecule has 1 aromatic rings. The van der Waals surface area contributed by atoms with Crippen LogP contribution in [0.4, 0.5) is 5.69 Å². The molecule has 19 heavy (non-hydrogen) atoms. The Morgan fingerprint density at radius 2 is 1.53 bits per heavy atom. The number of hydrogen-bond donors (Lipinski definition) is 2. The van der Waals surface area contributed by atoms with E-state index in [1.54, 1.807) is 0 Å². The molecular formula is C16H28N2O. The number of hydrogen-bond acceptors (Lipinski definition) is 3. The maximum atomic E-state index is 10.4. The summed E-state index contributed by atoms with van der Waals surface area (Å²) in [4.78, 5) is 2.33. The summed E-state index contributed by atoms with van der Waals surface area (Å²) in [6.45, 7) is 11.5. The van der Waals surface area contributed by atoms with Gasteiger partial charge in [-0.15, -0.1) is 0 Å². The van der Waals surface area contributed by atoms with Gasteiger partial charge in [0.15, 0.2) is 0 Å². The van der Waals surface area contributed by atoms with Gasteiger partial charge in [-0.3, -0.25) is 4.90 Å². The van der Waals surface area contributed by atoms with Crippen LogP contribution in [0.5, 0.6) is 0 Å². The lowest BCUT2D eigenvalue weighted by Gasteiger charge is -2.28. The minimum atomic E-state index is -0.515. The van der Waals surface area contributed by atoms with Gasteiger partial charge < -0.3 is 10.8 Å². The van der Waals surface area contributed by atoms with E-state index in [2.05, 4.69) is 32.6 Å². The predicted molar refractivity (Wildman–Crippen MR) is 81.9 cm³/mol. The summed E-state index contributed by atoms with van der Waals surface area (Å²) in [5.74, 6) is 1.19. The molecule has 0 saturated heterocycles. The van der Waals surface area contributed by atoms with Gasteiger partial charge >= 0.3 is 0 Å². The molecule has 0 radical (unpaired) electrons. The van der Waals surface area contributed by atoms with E-state index in [-0.39, 0.29) is 0 Å². The molecule has 1 rings (SSSR count).